The summed E-state index contributed by atoms with van der Waals surface area (Å²) in [5.74, 6) is 0.0597. The lowest BCUT2D eigenvalue weighted by Gasteiger charge is -2.01. The highest BCUT2D eigenvalue weighted by Crippen LogP contribution is 2.30. The van der Waals surface area contributed by atoms with Crippen LogP contribution in [0.2, 0.25) is 0 Å². The number of rotatable bonds is 5. The number of nitrogens with two attached hydrogens (primary N) is 1. The first-order valence-corrected chi connectivity index (χ1v) is 9.38. The van der Waals surface area contributed by atoms with Crippen molar-refractivity contribution in [2.24, 2.45) is 11.7 Å². The zero-order valence-electron chi connectivity index (χ0n) is 14.4. The third-order valence-corrected chi connectivity index (χ3v) is 5.23. The van der Waals surface area contributed by atoms with Gasteiger partial charge in [-0.25, -0.2) is 9.50 Å². The summed E-state index contributed by atoms with van der Waals surface area (Å²) in [6, 6.07) is 6.89. The number of hydrogen-bond donors (Lipinski definition) is 2. The highest BCUT2D eigenvalue weighted by Gasteiger charge is 2.30. The first-order valence-electron chi connectivity index (χ1n) is 8.56. The van der Waals surface area contributed by atoms with E-state index in [9.17, 15) is 9.59 Å². The maximum absolute atomic E-state index is 11.9. The number of carbonyl (C=O) groups is 2. The van der Waals surface area contributed by atoms with Crippen molar-refractivity contribution in [1.82, 2.24) is 29.2 Å². The van der Waals surface area contributed by atoms with Crippen molar-refractivity contribution in [2.45, 2.75) is 23.0 Å². The number of imidazole rings is 1. The lowest BCUT2D eigenvalue weighted by Crippen LogP contribution is -2.13. The molecule has 0 aromatic carbocycles. The Bertz CT molecular complexity index is 1240. The van der Waals surface area contributed by atoms with Crippen LogP contribution in [-0.4, -0.2) is 41.0 Å². The minimum Gasteiger partial charge on any atom is -0.366 e. The molecule has 11 heteroatoms. The lowest BCUT2D eigenvalue weighted by molar-refractivity contribution is -0.117. The fraction of sp³-hybridized carbons (Fsp3) is 0.176. The average Bonchev–Trinajstić information content (AvgIpc) is 3.35. The van der Waals surface area contributed by atoms with Crippen molar-refractivity contribution in [2.75, 3.05) is 5.32 Å². The number of hydrogen-bond acceptors (Lipinski definition) is 7. The first-order chi connectivity index (χ1) is 13.6. The van der Waals surface area contributed by atoms with Gasteiger partial charge in [0.05, 0.1) is 11.8 Å². The number of anilines is 1. The van der Waals surface area contributed by atoms with E-state index in [1.54, 1.807) is 45.6 Å². The van der Waals surface area contributed by atoms with Gasteiger partial charge in [0.2, 0.25) is 17.0 Å². The number of pyridine rings is 1. The molecular weight excluding hydrogens is 380 g/mol. The van der Waals surface area contributed by atoms with E-state index in [2.05, 4.69) is 25.6 Å². The van der Waals surface area contributed by atoms with Gasteiger partial charge in [-0.1, -0.05) is 0 Å². The topological polar surface area (TPSA) is 133 Å². The molecule has 5 rings (SSSR count). The number of nitrogens with one attached hydrogen (secondary N) is 1. The van der Waals surface area contributed by atoms with Gasteiger partial charge in [-0.3, -0.25) is 14.0 Å². The van der Waals surface area contributed by atoms with Crippen LogP contribution >= 0.6 is 11.8 Å². The third-order valence-electron chi connectivity index (χ3n) is 4.35. The van der Waals surface area contributed by atoms with Gasteiger partial charge in [0.1, 0.15) is 5.03 Å². The molecule has 1 aliphatic rings. The number of fused-ring (bicyclic) bond motifs is 2. The number of carbonyl (C=O) groups excluding carboxylic acids is 2. The molecular formula is C17H14N8O2S. The molecule has 0 unspecified atom stereocenters. The quantitative estimate of drug-likeness (QED) is 0.522. The normalized spacial score (nSPS) is 13.9. The van der Waals surface area contributed by atoms with Gasteiger partial charge >= 0.3 is 0 Å². The summed E-state index contributed by atoms with van der Waals surface area (Å²) in [6.07, 6.45) is 5.14. The highest BCUT2D eigenvalue weighted by atomic mass is 32.2. The van der Waals surface area contributed by atoms with E-state index < -0.39 is 5.91 Å². The van der Waals surface area contributed by atoms with Crippen LogP contribution in [0.3, 0.4) is 0 Å². The highest BCUT2D eigenvalue weighted by molar-refractivity contribution is 7.99. The molecule has 4 aromatic rings. The second kappa shape index (κ2) is 6.30. The van der Waals surface area contributed by atoms with Crippen LogP contribution in [0.1, 0.15) is 23.2 Å². The van der Waals surface area contributed by atoms with Crippen molar-refractivity contribution >= 4 is 40.7 Å². The molecule has 1 aliphatic carbocycles. The van der Waals surface area contributed by atoms with Crippen LogP contribution < -0.4 is 11.1 Å². The minimum absolute atomic E-state index is 0.00168. The van der Waals surface area contributed by atoms with Crippen LogP contribution in [0.4, 0.5) is 5.82 Å². The van der Waals surface area contributed by atoms with E-state index in [1.807, 2.05) is 0 Å². The Labute approximate surface area is 162 Å². The summed E-state index contributed by atoms with van der Waals surface area (Å²) in [7, 11) is 0. The van der Waals surface area contributed by atoms with E-state index in [1.165, 1.54) is 11.8 Å². The molecule has 28 heavy (non-hydrogen) atoms. The summed E-state index contributed by atoms with van der Waals surface area (Å²) in [5.41, 5.74) is 6.93. The molecule has 1 fully saturated rings. The molecule has 10 nitrogen and oxygen atoms in total. The van der Waals surface area contributed by atoms with Crippen molar-refractivity contribution in [1.29, 1.82) is 0 Å². The van der Waals surface area contributed by atoms with E-state index in [0.717, 1.165) is 12.8 Å². The standard InChI is InChI=1S/C17H14N8O2S/c18-15(26)10-3-4-13-21-22-17(24(13)7-10)28-14-6-5-12-19-11(8-25(12)23-14)20-16(27)9-1-2-9/h3-9H,1-2H2,(H2,18,26)(H,20,27). The number of amides is 2. The summed E-state index contributed by atoms with van der Waals surface area (Å²) < 4.78 is 3.29. The largest absolute Gasteiger partial charge is 0.366 e. The fourth-order valence-corrected chi connectivity index (χ4v) is 3.51. The molecule has 0 saturated heterocycles. The van der Waals surface area contributed by atoms with Crippen molar-refractivity contribution in [3.8, 4) is 0 Å². The maximum atomic E-state index is 11.9. The number of aromatic nitrogens is 6. The van der Waals surface area contributed by atoms with Crippen molar-refractivity contribution < 1.29 is 9.59 Å². The van der Waals surface area contributed by atoms with Gasteiger partial charge in [-0.05, 0) is 48.9 Å². The minimum atomic E-state index is -0.523. The summed E-state index contributed by atoms with van der Waals surface area (Å²) in [5, 5.41) is 16.7. The van der Waals surface area contributed by atoms with Crippen LogP contribution in [-0.2, 0) is 4.79 Å². The molecule has 0 aliphatic heterocycles. The van der Waals surface area contributed by atoms with E-state index in [-0.39, 0.29) is 11.8 Å². The second-order valence-electron chi connectivity index (χ2n) is 6.46. The molecule has 0 bridgehead atoms. The monoisotopic (exact) mass is 394 g/mol. The SMILES string of the molecule is NC(=O)c1ccc2nnc(Sc3ccc4nc(NC(=O)C5CC5)cn4n3)n2c1. The fourth-order valence-electron chi connectivity index (χ4n) is 2.73. The molecule has 140 valence electrons. The third kappa shape index (κ3) is 3.05. The molecule has 4 aromatic heterocycles. The van der Waals surface area contributed by atoms with E-state index >= 15 is 0 Å². The number of primary amides is 1. The summed E-state index contributed by atoms with van der Waals surface area (Å²) in [6.45, 7) is 0. The van der Waals surface area contributed by atoms with Gasteiger partial charge in [-0.2, -0.15) is 5.10 Å². The Morgan fingerprint density at radius 1 is 1.11 bits per heavy atom. The molecule has 4 heterocycles. The predicted octanol–water partition coefficient (Wildman–Crippen LogP) is 1.37. The molecule has 0 atom stereocenters. The summed E-state index contributed by atoms with van der Waals surface area (Å²) in [4.78, 5) is 27.7. The smallest absolute Gasteiger partial charge is 0.250 e. The van der Waals surface area contributed by atoms with Crippen molar-refractivity contribution in [3.63, 3.8) is 0 Å². The van der Waals surface area contributed by atoms with Gasteiger partial charge in [0.25, 0.3) is 0 Å². The van der Waals surface area contributed by atoms with Gasteiger partial charge in [-0.15, -0.1) is 10.2 Å². The molecule has 1 saturated carbocycles. The Balaban J connectivity index is 1.43. The zero-order valence-corrected chi connectivity index (χ0v) is 15.3. The van der Waals surface area contributed by atoms with Crippen molar-refractivity contribution in [3.05, 3.63) is 42.2 Å². The lowest BCUT2D eigenvalue weighted by atomic mass is 10.3. The molecule has 3 N–H and O–H groups in total. The van der Waals surface area contributed by atoms with Crippen LogP contribution in [0, 0.1) is 5.92 Å². The zero-order chi connectivity index (χ0) is 19.3. The van der Waals surface area contributed by atoms with Crippen LogP contribution in [0.5, 0.6) is 0 Å². The van der Waals surface area contributed by atoms with Crippen LogP contribution in [0.15, 0.2) is 46.8 Å². The average molecular weight is 394 g/mol. The van der Waals surface area contributed by atoms with E-state index in [4.69, 9.17) is 5.73 Å². The Morgan fingerprint density at radius 2 is 1.93 bits per heavy atom. The van der Waals surface area contributed by atoms with Gasteiger partial charge in [0.15, 0.2) is 17.1 Å². The Kier molecular flexibility index (Phi) is 3.76. The Morgan fingerprint density at radius 3 is 2.71 bits per heavy atom. The molecule has 2 amide bonds. The maximum Gasteiger partial charge on any atom is 0.250 e. The molecule has 0 radical (unpaired) electrons. The second-order valence-corrected chi connectivity index (χ2v) is 7.45. The van der Waals surface area contributed by atoms with Gasteiger partial charge in [0, 0.05) is 12.1 Å². The predicted molar refractivity (Wildman–Crippen MR) is 100.0 cm³/mol. The van der Waals surface area contributed by atoms with E-state index in [0.29, 0.717) is 32.9 Å². The number of nitrogens with zero attached hydrogens (tertiary/aromatic N) is 6. The van der Waals surface area contributed by atoms with Gasteiger partial charge < -0.3 is 11.1 Å². The Hall–Kier alpha value is -3.47. The molecule has 0 spiro atoms. The van der Waals surface area contributed by atoms with Crippen LogP contribution in [0.25, 0.3) is 11.3 Å². The summed E-state index contributed by atoms with van der Waals surface area (Å²) >= 11 is 1.29. The first kappa shape index (κ1) is 16.7.